The van der Waals surface area contributed by atoms with Crippen LogP contribution in [-0.2, 0) is 20.1 Å². The monoisotopic (exact) mass is 1090 g/mol. The van der Waals surface area contributed by atoms with E-state index in [-0.39, 0.29) is 20.1 Å². The van der Waals surface area contributed by atoms with Gasteiger partial charge in [0.2, 0.25) is 0 Å². The van der Waals surface area contributed by atoms with Crippen LogP contribution in [0.4, 0.5) is 11.4 Å². The Hall–Kier alpha value is -5.50. The van der Waals surface area contributed by atoms with Gasteiger partial charge in [0, 0.05) is 21.0 Å². The average molecular weight is 1090 g/mol. The zero-order valence-electron chi connectivity index (χ0n) is 33.6. The van der Waals surface area contributed by atoms with Crippen molar-refractivity contribution in [3.8, 4) is 22.6 Å². The van der Waals surface area contributed by atoms with E-state index in [0.29, 0.717) is 33.7 Å². The number of carbonyl (C=O) groups is 1. The summed E-state index contributed by atoms with van der Waals surface area (Å²) in [6, 6.07) is 53.8. The Balaban J connectivity index is 0.000000386. The first kappa shape index (κ1) is 50.1. The largest absolute Gasteiger partial charge is 3.00 e. The Morgan fingerprint density at radius 2 is 0.921 bits per heavy atom. The first-order valence-electron chi connectivity index (χ1n) is 18.5. The van der Waals surface area contributed by atoms with Crippen molar-refractivity contribution < 1.29 is 49.3 Å². The number of carboxylic acid groups (broad SMARTS) is 1. The Labute approximate surface area is 392 Å². The van der Waals surface area contributed by atoms with Gasteiger partial charge in [0.25, 0.3) is 11.4 Å². The first-order chi connectivity index (χ1) is 30.0. The van der Waals surface area contributed by atoms with Crippen LogP contribution in [0, 0.1) is 46.6 Å². The molecule has 0 heterocycles. The second-order valence-corrected chi connectivity index (χ2v) is 17.9. The van der Waals surface area contributed by atoms with Crippen LogP contribution in [0.3, 0.4) is 0 Å². The summed E-state index contributed by atoms with van der Waals surface area (Å²) in [6.07, 6.45) is 1.50. The number of aromatic carboxylic acids is 1. The van der Waals surface area contributed by atoms with Crippen molar-refractivity contribution in [1.29, 1.82) is 0 Å². The molecule has 0 aliphatic carbocycles. The first-order valence-corrected chi connectivity index (χ1v) is 21.9. The summed E-state index contributed by atoms with van der Waals surface area (Å²) in [5.74, 6) is -0.490. The number of rotatable bonds is 12. The molecule has 0 amide bonds. The van der Waals surface area contributed by atoms with Crippen LogP contribution >= 0.6 is 39.0 Å². The molecule has 0 aliphatic rings. The summed E-state index contributed by atoms with van der Waals surface area (Å²) < 4.78 is 12.3. The Morgan fingerprint density at radius 3 is 1.19 bits per heavy atom. The molecule has 10 nitrogen and oxygen atoms in total. The second kappa shape index (κ2) is 24.4. The molecule has 63 heavy (non-hydrogen) atoms. The number of halogens is 2. The summed E-state index contributed by atoms with van der Waals surface area (Å²) in [6.45, 7) is 6.50. The fourth-order valence-corrected chi connectivity index (χ4v) is 11.8. The molecule has 0 N–H and O–H groups in total. The number of nitrogens with zero attached hydrogens (tertiary/aromatic N) is 2. The number of nitro benzene ring substituents is 2. The third kappa shape index (κ3) is 12.2. The van der Waals surface area contributed by atoms with E-state index < -0.39 is 48.6 Å². The van der Waals surface area contributed by atoms with Crippen molar-refractivity contribution in [2.24, 2.45) is 0 Å². The maximum Gasteiger partial charge on any atom is 3.00 e. The smallest absolute Gasteiger partial charge is 0.603 e. The Morgan fingerprint density at radius 1 is 0.603 bits per heavy atom. The fraction of sp³-hybridized carbons (Fsp3) is 0.0417. The van der Waals surface area contributed by atoms with Crippen LogP contribution in [0.1, 0.15) is 10.4 Å². The molecule has 319 valence electrons. The van der Waals surface area contributed by atoms with Crippen LogP contribution in [-0.4, -0.2) is 30.0 Å². The second-order valence-electron chi connectivity index (χ2n) is 12.7. The van der Waals surface area contributed by atoms with Crippen LogP contribution in [0.25, 0.3) is 11.1 Å². The molecule has 0 unspecified atom stereocenters. The van der Waals surface area contributed by atoms with Gasteiger partial charge < -0.3 is 19.4 Å². The van der Waals surface area contributed by atoms with Crippen molar-refractivity contribution in [1.82, 2.24) is 0 Å². The molecule has 0 aliphatic heterocycles. The zero-order chi connectivity index (χ0) is 44.8. The van der Waals surface area contributed by atoms with Crippen LogP contribution in [0.15, 0.2) is 158 Å². The molecule has 0 bridgehead atoms. The van der Waals surface area contributed by atoms with E-state index >= 15 is 0 Å². The Kier molecular flexibility index (Phi) is 19.4. The summed E-state index contributed by atoms with van der Waals surface area (Å²) >= 11 is 13.9. The van der Waals surface area contributed by atoms with E-state index in [9.17, 15) is 30.1 Å². The van der Waals surface area contributed by atoms with Crippen molar-refractivity contribution >= 4 is 88.2 Å². The average Bonchev–Trinajstić information content (AvgIpc) is 3.29. The van der Waals surface area contributed by atoms with Gasteiger partial charge in [-0.25, -0.2) is 0 Å². The van der Waals surface area contributed by atoms with Crippen molar-refractivity contribution in [2.75, 3.05) is 14.2 Å². The van der Waals surface area contributed by atoms with Gasteiger partial charge in [-0.2, -0.15) is 0 Å². The molecular formula is C48H37Cl2IrN2O8P2+. The molecule has 7 aromatic rings. The van der Waals surface area contributed by atoms with Gasteiger partial charge in [0.15, 0.2) is 0 Å². The van der Waals surface area contributed by atoms with Gasteiger partial charge >= 0.3 is 20.1 Å². The van der Waals surface area contributed by atoms with Crippen molar-refractivity contribution in [2.45, 2.75) is 0 Å². The molecule has 0 aromatic heterocycles. The number of methoxy groups -OCH3 is 2. The maximum atomic E-state index is 10.4. The SMILES string of the molecule is COc1c(Cl)ccc(P(c2ccccc2)c2ccccc2)c1-c1c(P(c2ccccc2)c2ccccc2)ccc(Cl)c1OC.O=C([O-])c1[c-]cc([N+](=O)[O-])c([N+](=O)[O-])c1.[CH2][CH][CH2].[Ir+3]. The topological polar surface area (TPSA) is 145 Å². The van der Waals surface area contributed by atoms with Crippen molar-refractivity contribution in [3.63, 3.8) is 0 Å². The third-order valence-corrected chi connectivity index (χ3v) is 14.5. The molecule has 0 saturated heterocycles. The summed E-state index contributed by atoms with van der Waals surface area (Å²) in [7, 11) is 1.31. The molecule has 0 spiro atoms. The molecule has 15 heteroatoms. The minimum Gasteiger partial charge on any atom is -0.603 e. The molecular weight excluding hydrogens is 1060 g/mol. The predicted octanol–water partition coefficient (Wildman–Crippen LogP) is 8.72. The number of hydrogen-bond acceptors (Lipinski definition) is 8. The minimum atomic E-state index is -1.69. The summed E-state index contributed by atoms with van der Waals surface area (Å²) in [5.41, 5.74) is -0.532. The predicted molar refractivity (Wildman–Crippen MR) is 250 cm³/mol. The number of hydrogen-bond donors (Lipinski definition) is 0. The van der Waals surface area contributed by atoms with Crippen LogP contribution < -0.4 is 46.4 Å². The molecule has 0 atom stereocenters. The summed E-state index contributed by atoms with van der Waals surface area (Å²) in [4.78, 5) is 29.0. The number of carbonyl (C=O) groups excluding carboxylic acids is 1. The van der Waals surface area contributed by atoms with Gasteiger partial charge in [-0.05, 0) is 86.0 Å². The minimum absolute atomic E-state index is 0. The van der Waals surface area contributed by atoms with Gasteiger partial charge in [-0.1, -0.05) is 169 Å². The van der Waals surface area contributed by atoms with E-state index in [0.717, 1.165) is 21.7 Å². The summed E-state index contributed by atoms with van der Waals surface area (Å²) in [5, 5.41) is 39.2. The third-order valence-electron chi connectivity index (χ3n) is 8.89. The quantitative estimate of drug-likeness (QED) is 0.0512. The molecule has 7 rings (SSSR count). The van der Waals surface area contributed by atoms with Crippen molar-refractivity contribution in [3.05, 3.63) is 220 Å². The van der Waals surface area contributed by atoms with Crippen LogP contribution in [0.5, 0.6) is 11.5 Å². The van der Waals surface area contributed by atoms with E-state index in [1.54, 1.807) is 14.2 Å². The number of ether oxygens (including phenoxy) is 2. The number of carboxylic acids is 1. The molecule has 3 radical (unpaired) electrons. The van der Waals surface area contributed by atoms with Gasteiger partial charge in [-0.3, -0.25) is 20.2 Å². The maximum absolute atomic E-state index is 10.4. The standard InChI is InChI=1S/C38H30Cl2O2P2.C7H3N2O6.C3H5.Ir/c1-41-37-31(39)23-25-33(43(27-15-7-3-8-16-27)28-17-9-4-10-18-28)35(37)36-34(26-24-32(40)38(36)42-2)44(29-19-11-5-12-20-29)30-21-13-6-14-22-30;10-7(11)4-1-2-5(8(12)13)6(3-4)9(14)15;1-3-2;/h3-26H,1-2H3;2-3H,(H,10,11);3H,1-2H2;/q;-1;;+3/p-1. The number of benzene rings is 7. The van der Waals surface area contributed by atoms with Crippen LogP contribution in [0.2, 0.25) is 10.0 Å². The van der Waals surface area contributed by atoms with Gasteiger partial charge in [0.05, 0.1) is 24.3 Å². The molecule has 0 fully saturated rings. The van der Waals surface area contributed by atoms with Gasteiger partial charge in [-0.15, -0.1) is 11.6 Å². The number of nitro groups is 2. The molecule has 0 saturated carbocycles. The van der Waals surface area contributed by atoms with Gasteiger partial charge in [0.1, 0.15) is 11.5 Å². The van der Waals surface area contributed by atoms with E-state index in [4.69, 9.17) is 32.7 Å². The Bertz CT molecular complexity index is 2410. The normalized spacial score (nSPS) is 10.3. The molecule has 7 aromatic carbocycles. The zero-order valence-corrected chi connectivity index (χ0v) is 39.3. The van der Waals surface area contributed by atoms with E-state index in [1.165, 1.54) is 27.6 Å². The fourth-order valence-electron chi connectivity index (χ4n) is 6.39. The van der Waals surface area contributed by atoms with E-state index in [2.05, 4.69) is 147 Å². The van der Waals surface area contributed by atoms with E-state index in [1.807, 2.05) is 18.2 Å².